The predicted octanol–water partition coefficient (Wildman–Crippen LogP) is 0.818. The number of nitrogens with two attached hydrogens (primary N) is 1. The molecule has 0 aromatic carbocycles. The molecule has 0 spiro atoms. The second-order valence-corrected chi connectivity index (χ2v) is 7.67. The molecule has 2 unspecified atom stereocenters. The Morgan fingerprint density at radius 2 is 2.31 bits per heavy atom. The Labute approximate surface area is 107 Å². The molecule has 0 radical (unpaired) electrons. The smallest absolute Gasteiger partial charge is 0.223 e. The quantitative estimate of drug-likeness (QED) is 0.756. The van der Waals surface area contributed by atoms with E-state index in [-0.39, 0.29) is 11.0 Å². The lowest BCUT2D eigenvalue weighted by atomic mass is 10.3. The molecule has 0 saturated carbocycles. The van der Waals surface area contributed by atoms with Crippen molar-refractivity contribution < 1.29 is 8.42 Å². The van der Waals surface area contributed by atoms with E-state index in [1.54, 1.807) is 25.7 Å². The maximum Gasteiger partial charge on any atom is 0.223 e. The minimum absolute atomic E-state index is 0.0694. The third kappa shape index (κ3) is 2.88. The van der Waals surface area contributed by atoms with Crippen molar-refractivity contribution in [3.63, 3.8) is 0 Å². The van der Waals surface area contributed by atoms with E-state index in [1.165, 1.54) is 4.31 Å². The molecule has 1 rings (SSSR count). The first-order valence-corrected chi connectivity index (χ1v) is 8.31. The van der Waals surface area contributed by atoms with E-state index in [4.69, 9.17) is 18.0 Å². The van der Waals surface area contributed by atoms with E-state index in [0.717, 1.165) is 17.9 Å². The van der Waals surface area contributed by atoms with Crippen LogP contribution in [0, 0.1) is 0 Å². The van der Waals surface area contributed by atoms with Crippen LogP contribution in [0.3, 0.4) is 0 Å². The number of hydrogen-bond donors (Lipinski definition) is 1. The summed E-state index contributed by atoms with van der Waals surface area (Å²) in [7, 11) is -1.75. The number of thiocarbonyl (C=S) groups is 1. The van der Waals surface area contributed by atoms with Gasteiger partial charge in [-0.2, -0.15) is 11.8 Å². The molecule has 0 aliphatic carbocycles. The first kappa shape index (κ1) is 14.2. The molecule has 16 heavy (non-hydrogen) atoms. The van der Waals surface area contributed by atoms with Crippen LogP contribution in [0.5, 0.6) is 0 Å². The number of sulfonamides is 1. The van der Waals surface area contributed by atoms with Crippen molar-refractivity contribution in [2.45, 2.75) is 31.1 Å². The van der Waals surface area contributed by atoms with Gasteiger partial charge in [-0.05, 0) is 18.6 Å². The van der Waals surface area contributed by atoms with Crippen LogP contribution >= 0.6 is 24.0 Å². The zero-order valence-corrected chi connectivity index (χ0v) is 12.0. The molecular formula is C9H18N2O2S3. The Kier molecular flexibility index (Phi) is 5.03. The average molecular weight is 282 g/mol. The van der Waals surface area contributed by atoms with Gasteiger partial charge in [-0.1, -0.05) is 19.1 Å². The fourth-order valence-electron chi connectivity index (χ4n) is 1.78. The number of rotatable bonds is 5. The molecule has 1 saturated heterocycles. The Balaban J connectivity index is 2.86. The summed E-state index contributed by atoms with van der Waals surface area (Å²) < 4.78 is 25.9. The van der Waals surface area contributed by atoms with Crippen molar-refractivity contribution >= 4 is 39.0 Å². The van der Waals surface area contributed by atoms with Crippen LogP contribution in [0.25, 0.3) is 0 Å². The van der Waals surface area contributed by atoms with E-state index < -0.39 is 15.3 Å². The van der Waals surface area contributed by atoms with E-state index in [2.05, 4.69) is 0 Å². The van der Waals surface area contributed by atoms with Crippen LogP contribution in [-0.2, 0) is 10.0 Å². The monoisotopic (exact) mass is 282 g/mol. The number of nitrogens with zero attached hydrogens (tertiary/aromatic N) is 1. The van der Waals surface area contributed by atoms with Gasteiger partial charge in [0.1, 0.15) is 5.25 Å². The SMILES string of the molecule is CCC(C(N)=S)S(=O)(=O)N(C)C1CCSC1. The highest BCUT2D eigenvalue weighted by atomic mass is 32.2. The lowest BCUT2D eigenvalue weighted by Crippen LogP contribution is -2.46. The van der Waals surface area contributed by atoms with Crippen LogP contribution in [0.2, 0.25) is 0 Å². The molecule has 2 N–H and O–H groups in total. The number of hydrogen-bond acceptors (Lipinski definition) is 4. The highest BCUT2D eigenvalue weighted by Crippen LogP contribution is 2.25. The Hall–Kier alpha value is 0.150. The summed E-state index contributed by atoms with van der Waals surface area (Å²) in [6.07, 6.45) is 1.34. The average Bonchev–Trinajstić information content (AvgIpc) is 2.68. The second kappa shape index (κ2) is 5.66. The molecule has 0 bridgehead atoms. The summed E-state index contributed by atoms with van der Waals surface area (Å²) >= 11 is 6.61. The molecule has 1 heterocycles. The van der Waals surface area contributed by atoms with Crippen molar-refractivity contribution in [3.05, 3.63) is 0 Å². The summed E-state index contributed by atoms with van der Waals surface area (Å²) in [5.41, 5.74) is 5.49. The molecule has 94 valence electrons. The molecule has 7 heteroatoms. The lowest BCUT2D eigenvalue weighted by Gasteiger charge is -2.27. The molecule has 0 aromatic heterocycles. The van der Waals surface area contributed by atoms with Gasteiger partial charge < -0.3 is 5.73 Å². The summed E-state index contributed by atoms with van der Waals surface area (Å²) in [5.74, 6) is 1.89. The van der Waals surface area contributed by atoms with Crippen LogP contribution in [0.4, 0.5) is 0 Å². The second-order valence-electron chi connectivity index (χ2n) is 3.88. The molecule has 1 aliphatic heterocycles. The van der Waals surface area contributed by atoms with Gasteiger partial charge in [-0.15, -0.1) is 0 Å². The van der Waals surface area contributed by atoms with Crippen molar-refractivity contribution in [1.82, 2.24) is 4.31 Å². The Bertz CT molecular complexity index is 350. The molecule has 2 atom stereocenters. The van der Waals surface area contributed by atoms with E-state index >= 15 is 0 Å². The zero-order valence-electron chi connectivity index (χ0n) is 9.55. The normalized spacial score (nSPS) is 23.6. The lowest BCUT2D eigenvalue weighted by molar-refractivity contribution is 0.391. The Morgan fingerprint density at radius 3 is 2.69 bits per heavy atom. The maximum absolute atomic E-state index is 12.2. The van der Waals surface area contributed by atoms with Gasteiger partial charge in [0.15, 0.2) is 0 Å². The molecule has 1 aliphatic rings. The standard InChI is InChI=1S/C9H18N2O2S3/c1-3-8(9(10)14)16(12,13)11(2)7-4-5-15-6-7/h7-8H,3-6H2,1-2H3,(H2,10,14). The third-order valence-corrected chi connectivity index (χ3v) is 6.85. The molecule has 1 fully saturated rings. The maximum atomic E-state index is 12.2. The van der Waals surface area contributed by atoms with Crippen LogP contribution in [0.15, 0.2) is 0 Å². The first-order chi connectivity index (χ1) is 7.41. The summed E-state index contributed by atoms with van der Waals surface area (Å²) in [6, 6.07) is 0.0957. The fourth-order valence-corrected chi connectivity index (χ4v) is 5.38. The van der Waals surface area contributed by atoms with Gasteiger partial charge in [0, 0.05) is 18.8 Å². The van der Waals surface area contributed by atoms with Gasteiger partial charge in [-0.3, -0.25) is 0 Å². The van der Waals surface area contributed by atoms with E-state index in [0.29, 0.717) is 6.42 Å². The first-order valence-electron chi connectivity index (χ1n) is 5.25. The van der Waals surface area contributed by atoms with Crippen molar-refractivity contribution in [1.29, 1.82) is 0 Å². The summed E-state index contributed by atoms with van der Waals surface area (Å²) in [4.78, 5) is 0.0694. The highest BCUT2D eigenvalue weighted by Gasteiger charge is 2.35. The van der Waals surface area contributed by atoms with Crippen LogP contribution in [0.1, 0.15) is 19.8 Å². The Morgan fingerprint density at radius 1 is 1.69 bits per heavy atom. The zero-order chi connectivity index (χ0) is 12.3. The minimum atomic E-state index is -3.38. The van der Waals surface area contributed by atoms with Gasteiger partial charge >= 0.3 is 0 Å². The van der Waals surface area contributed by atoms with E-state index in [1.807, 2.05) is 0 Å². The van der Waals surface area contributed by atoms with Crippen LogP contribution < -0.4 is 5.73 Å². The molecule has 0 amide bonds. The molecule has 4 nitrogen and oxygen atoms in total. The van der Waals surface area contributed by atoms with Gasteiger partial charge in [0.2, 0.25) is 10.0 Å². The summed E-state index contributed by atoms with van der Waals surface area (Å²) in [5, 5.41) is -0.724. The van der Waals surface area contributed by atoms with Gasteiger partial charge in [0.25, 0.3) is 0 Å². The molecular weight excluding hydrogens is 264 g/mol. The minimum Gasteiger partial charge on any atom is -0.392 e. The van der Waals surface area contributed by atoms with E-state index in [9.17, 15) is 8.42 Å². The highest BCUT2D eigenvalue weighted by molar-refractivity contribution is 7.99. The van der Waals surface area contributed by atoms with Crippen molar-refractivity contribution in [2.24, 2.45) is 5.73 Å². The predicted molar refractivity (Wildman–Crippen MR) is 73.3 cm³/mol. The summed E-state index contributed by atoms with van der Waals surface area (Å²) in [6.45, 7) is 1.79. The van der Waals surface area contributed by atoms with Crippen molar-refractivity contribution in [2.75, 3.05) is 18.6 Å². The van der Waals surface area contributed by atoms with Crippen LogP contribution in [-0.4, -0.2) is 47.6 Å². The largest absolute Gasteiger partial charge is 0.392 e. The van der Waals surface area contributed by atoms with Gasteiger partial charge in [0.05, 0.1) is 4.99 Å². The topological polar surface area (TPSA) is 63.4 Å². The fraction of sp³-hybridized carbons (Fsp3) is 0.889. The van der Waals surface area contributed by atoms with Gasteiger partial charge in [-0.25, -0.2) is 12.7 Å². The van der Waals surface area contributed by atoms with Crippen molar-refractivity contribution in [3.8, 4) is 0 Å². The third-order valence-electron chi connectivity index (χ3n) is 2.87. The molecule has 0 aromatic rings. The number of thioether (sulfide) groups is 1.